The molecule has 0 atom stereocenters. The minimum atomic E-state index is 0.534. The van der Waals surface area contributed by atoms with Crippen molar-refractivity contribution in [2.45, 2.75) is 13.8 Å². The SMILES string of the molecule is [C-]#[N+]c1ccc(-c2ccc3c4ccccc4n(-c4cc(-c5cc(C)nc(C)c5)cc(-n5c6ccccc6c6ccc(-c7ccc(C#N)cc7)cc65)c4C#N)c3c2)cc1. The van der Waals surface area contributed by atoms with E-state index < -0.39 is 0 Å². The van der Waals surface area contributed by atoms with E-state index in [1.807, 2.05) is 74.5 Å². The fourth-order valence-corrected chi connectivity index (χ4v) is 8.53. The van der Waals surface area contributed by atoms with Crippen LogP contribution in [-0.2, 0) is 0 Å². The average Bonchev–Trinajstić information content (AvgIpc) is 3.77. The zero-order valence-electron chi connectivity index (χ0n) is 31.7. The molecule has 0 aliphatic heterocycles. The molecule has 10 rings (SSSR count). The molecule has 270 valence electrons. The number of rotatable bonds is 5. The van der Waals surface area contributed by atoms with Crippen LogP contribution < -0.4 is 0 Å². The number of aryl methyl sites for hydroxylation is 2. The summed E-state index contributed by atoms with van der Waals surface area (Å²) < 4.78 is 4.48. The lowest BCUT2D eigenvalue weighted by Gasteiger charge is -2.19. The van der Waals surface area contributed by atoms with E-state index in [4.69, 9.17) is 11.6 Å². The molecule has 0 bridgehead atoms. The number of benzene rings is 7. The largest absolute Gasteiger partial charge is 0.308 e. The summed E-state index contributed by atoms with van der Waals surface area (Å²) >= 11 is 0. The van der Waals surface area contributed by atoms with E-state index in [1.165, 1.54) is 0 Å². The van der Waals surface area contributed by atoms with Crippen LogP contribution >= 0.6 is 0 Å². The molecule has 0 aliphatic carbocycles. The zero-order valence-corrected chi connectivity index (χ0v) is 31.7. The molecule has 0 aliphatic rings. The van der Waals surface area contributed by atoms with E-state index in [0.29, 0.717) is 16.8 Å². The quantitative estimate of drug-likeness (QED) is 0.165. The van der Waals surface area contributed by atoms with Gasteiger partial charge in [-0.1, -0.05) is 97.1 Å². The Bertz CT molecular complexity index is 3220. The van der Waals surface area contributed by atoms with E-state index in [-0.39, 0.29) is 0 Å². The Kier molecular flexibility index (Phi) is 7.98. The molecular formula is C52H32N6. The fraction of sp³-hybridized carbons (Fsp3) is 0.0385. The van der Waals surface area contributed by atoms with Gasteiger partial charge in [-0.3, -0.25) is 4.98 Å². The molecule has 0 spiro atoms. The molecule has 0 fully saturated rings. The highest BCUT2D eigenvalue weighted by Gasteiger charge is 2.23. The first-order valence-corrected chi connectivity index (χ1v) is 19.0. The lowest BCUT2D eigenvalue weighted by atomic mass is 9.99. The van der Waals surface area contributed by atoms with E-state index >= 15 is 0 Å². The molecule has 6 heteroatoms. The first-order valence-electron chi connectivity index (χ1n) is 19.0. The number of nitrogens with zero attached hydrogens (tertiary/aromatic N) is 6. The van der Waals surface area contributed by atoms with Gasteiger partial charge in [0.15, 0.2) is 5.69 Å². The summed E-state index contributed by atoms with van der Waals surface area (Å²) in [6, 6.07) is 58.5. The predicted octanol–water partition coefficient (Wildman–Crippen LogP) is 13.2. The second kappa shape index (κ2) is 13.5. The van der Waals surface area contributed by atoms with Gasteiger partial charge < -0.3 is 9.13 Å². The van der Waals surface area contributed by atoms with Gasteiger partial charge in [-0.05, 0) is 108 Å². The third kappa shape index (κ3) is 5.50. The fourth-order valence-electron chi connectivity index (χ4n) is 8.53. The summed E-state index contributed by atoms with van der Waals surface area (Å²) in [5, 5.41) is 25.2. The van der Waals surface area contributed by atoms with E-state index in [1.54, 1.807) is 0 Å². The van der Waals surface area contributed by atoms with Crippen LogP contribution in [0.1, 0.15) is 22.5 Å². The van der Waals surface area contributed by atoms with Gasteiger partial charge in [0.1, 0.15) is 11.6 Å². The van der Waals surface area contributed by atoms with Crippen LogP contribution in [0.4, 0.5) is 5.69 Å². The van der Waals surface area contributed by atoms with Crippen LogP contribution in [0.3, 0.4) is 0 Å². The Labute approximate surface area is 335 Å². The van der Waals surface area contributed by atoms with Crippen LogP contribution in [0.2, 0.25) is 0 Å². The predicted molar refractivity (Wildman–Crippen MR) is 234 cm³/mol. The molecule has 0 saturated carbocycles. The molecule has 3 heterocycles. The van der Waals surface area contributed by atoms with Gasteiger partial charge in [0.05, 0.1) is 51.6 Å². The molecule has 10 aromatic rings. The van der Waals surface area contributed by atoms with E-state index in [2.05, 4.69) is 123 Å². The number of aromatic nitrogens is 3. The highest BCUT2D eigenvalue weighted by molar-refractivity contribution is 6.12. The Hall–Kier alpha value is -8.24. The van der Waals surface area contributed by atoms with Crippen LogP contribution in [0.5, 0.6) is 0 Å². The average molecular weight is 741 g/mol. The Balaban J connectivity index is 1.32. The molecule has 58 heavy (non-hydrogen) atoms. The zero-order chi connectivity index (χ0) is 39.5. The molecule has 0 saturated heterocycles. The van der Waals surface area contributed by atoms with Gasteiger partial charge in [-0.25, -0.2) is 4.85 Å². The summed E-state index contributed by atoms with van der Waals surface area (Å²) in [5.41, 5.74) is 15.0. The van der Waals surface area contributed by atoms with Crippen LogP contribution in [0, 0.1) is 43.1 Å². The van der Waals surface area contributed by atoms with Gasteiger partial charge in [-0.15, -0.1) is 0 Å². The van der Waals surface area contributed by atoms with Crippen molar-refractivity contribution in [3.63, 3.8) is 0 Å². The minimum absolute atomic E-state index is 0.534. The van der Waals surface area contributed by atoms with Gasteiger partial charge in [-0.2, -0.15) is 10.5 Å². The molecular weight excluding hydrogens is 709 g/mol. The first kappa shape index (κ1) is 34.3. The van der Waals surface area contributed by atoms with Crippen molar-refractivity contribution in [3.8, 4) is 56.9 Å². The number of para-hydroxylation sites is 2. The van der Waals surface area contributed by atoms with E-state index in [9.17, 15) is 10.5 Å². The third-order valence-electron chi connectivity index (χ3n) is 11.1. The lowest BCUT2D eigenvalue weighted by molar-refractivity contribution is 1.11. The summed E-state index contributed by atoms with van der Waals surface area (Å²) in [6.07, 6.45) is 0. The topological polar surface area (TPSA) is 74.7 Å². The van der Waals surface area contributed by atoms with Gasteiger partial charge in [0.2, 0.25) is 0 Å². The number of nitriles is 2. The molecule has 7 aromatic carbocycles. The number of hydrogen-bond donors (Lipinski definition) is 0. The summed E-state index contributed by atoms with van der Waals surface area (Å²) in [6.45, 7) is 11.5. The molecule has 0 amide bonds. The van der Waals surface area contributed by atoms with Gasteiger partial charge in [0, 0.05) is 32.9 Å². The van der Waals surface area contributed by atoms with Crippen LogP contribution in [0.25, 0.3) is 93.2 Å². The molecule has 3 aromatic heterocycles. The molecule has 0 N–H and O–H groups in total. The Morgan fingerprint density at radius 2 is 0.914 bits per heavy atom. The second-order valence-electron chi connectivity index (χ2n) is 14.7. The smallest absolute Gasteiger partial charge is 0.187 e. The standard InChI is InChI=1S/C52H32N6/c1-32-24-39(25-33(2)56-32)40-28-51(57-47-10-6-4-8-42(47)44-22-18-37(26-49(44)57)35-14-12-34(30-53)13-15-35)46(31-54)52(29-40)58-48-11-7-5-9-43(48)45-23-19-38(27-50(45)58)36-16-20-41(55-3)21-17-36/h4-29H,1-2H3. The summed E-state index contributed by atoms with van der Waals surface area (Å²) in [4.78, 5) is 8.30. The number of hydrogen-bond acceptors (Lipinski definition) is 3. The van der Waals surface area contributed by atoms with Crippen molar-refractivity contribution in [2.24, 2.45) is 0 Å². The second-order valence-corrected chi connectivity index (χ2v) is 14.7. The first-order chi connectivity index (χ1) is 28.4. The van der Waals surface area contributed by atoms with Crippen LogP contribution in [0.15, 0.2) is 158 Å². The Morgan fingerprint density at radius 3 is 1.40 bits per heavy atom. The maximum Gasteiger partial charge on any atom is 0.187 e. The number of pyridine rings is 1. The maximum atomic E-state index is 11.5. The third-order valence-corrected chi connectivity index (χ3v) is 11.1. The van der Waals surface area contributed by atoms with Crippen molar-refractivity contribution >= 4 is 49.3 Å². The normalized spacial score (nSPS) is 11.2. The van der Waals surface area contributed by atoms with Crippen molar-refractivity contribution < 1.29 is 0 Å². The van der Waals surface area contributed by atoms with Crippen molar-refractivity contribution in [3.05, 3.63) is 192 Å². The van der Waals surface area contributed by atoms with Crippen LogP contribution in [-0.4, -0.2) is 14.1 Å². The summed E-state index contributed by atoms with van der Waals surface area (Å²) in [5.74, 6) is 0. The van der Waals surface area contributed by atoms with E-state index in [0.717, 1.165) is 99.8 Å². The minimum Gasteiger partial charge on any atom is -0.308 e. The van der Waals surface area contributed by atoms with Gasteiger partial charge in [0.25, 0.3) is 0 Å². The van der Waals surface area contributed by atoms with Gasteiger partial charge >= 0.3 is 0 Å². The highest BCUT2D eigenvalue weighted by Crippen LogP contribution is 2.42. The number of fused-ring (bicyclic) bond motifs is 6. The molecule has 6 nitrogen and oxygen atoms in total. The lowest BCUT2D eigenvalue weighted by Crippen LogP contribution is -2.05. The van der Waals surface area contributed by atoms with Crippen molar-refractivity contribution in [1.29, 1.82) is 10.5 Å². The Morgan fingerprint density at radius 1 is 0.466 bits per heavy atom. The maximum absolute atomic E-state index is 11.5. The highest BCUT2D eigenvalue weighted by atomic mass is 15.0. The molecule has 0 unspecified atom stereocenters. The monoisotopic (exact) mass is 740 g/mol. The molecule has 0 radical (unpaired) electrons. The summed E-state index contributed by atoms with van der Waals surface area (Å²) in [7, 11) is 0. The van der Waals surface area contributed by atoms with Crippen molar-refractivity contribution in [2.75, 3.05) is 0 Å². The van der Waals surface area contributed by atoms with Crippen molar-refractivity contribution in [1.82, 2.24) is 14.1 Å².